The van der Waals surface area contributed by atoms with Gasteiger partial charge >= 0.3 is 5.97 Å². The third kappa shape index (κ3) is 3.56. The molecule has 4 heteroatoms. The number of carbonyl (C=O) groups excluding carboxylic acids is 1. The van der Waals surface area contributed by atoms with E-state index in [2.05, 4.69) is 20.8 Å². The van der Waals surface area contributed by atoms with E-state index in [1.165, 1.54) is 39.2 Å². The highest BCUT2D eigenvalue weighted by Gasteiger charge is 2.61. The average molecular weight is 407 g/mol. The lowest BCUT2D eigenvalue weighted by molar-refractivity contribution is -0.233. The van der Waals surface area contributed by atoms with Crippen molar-refractivity contribution in [2.45, 2.75) is 97.2 Å². The highest BCUT2D eigenvalue weighted by molar-refractivity contribution is 5.69. The molecule has 4 fully saturated rings. The van der Waals surface area contributed by atoms with E-state index in [1.807, 2.05) is 0 Å². The molecular formula is C25H42O4. The Morgan fingerprint density at radius 2 is 1.72 bits per heavy atom. The maximum atomic E-state index is 11.6. The van der Waals surface area contributed by atoms with Gasteiger partial charge in [0.05, 0.1) is 7.11 Å². The van der Waals surface area contributed by atoms with E-state index in [0.717, 1.165) is 42.9 Å². The summed E-state index contributed by atoms with van der Waals surface area (Å²) in [6.07, 6.45) is 11.3. The second-order valence-electron chi connectivity index (χ2n) is 11.7. The number of ether oxygens (including phenoxy) is 1. The summed E-state index contributed by atoms with van der Waals surface area (Å²) in [6, 6.07) is 0. The maximum absolute atomic E-state index is 11.6. The standard InChI is InChI=1S/C25H42O4/c1-16(5-10-22(26)29-4)19-8-9-20-18-7-6-17-15-25(27,28)14-13-23(17,2)21(18)11-12-24(19,20)3/h16-21,27-28H,5-15H2,1-4H3/t16-,17?,18+,19-,20+,21+,23+,24-/m1/s1. The molecule has 0 aromatic rings. The lowest BCUT2D eigenvalue weighted by Crippen LogP contribution is -2.56. The Labute approximate surface area is 176 Å². The van der Waals surface area contributed by atoms with Crippen LogP contribution in [0.1, 0.15) is 91.4 Å². The van der Waals surface area contributed by atoms with Gasteiger partial charge in [0.15, 0.2) is 5.79 Å². The van der Waals surface area contributed by atoms with Crippen LogP contribution >= 0.6 is 0 Å². The van der Waals surface area contributed by atoms with E-state index in [0.29, 0.717) is 36.5 Å². The van der Waals surface area contributed by atoms with E-state index in [-0.39, 0.29) is 11.4 Å². The maximum Gasteiger partial charge on any atom is 0.305 e. The third-order valence-electron chi connectivity index (χ3n) is 10.5. The summed E-state index contributed by atoms with van der Waals surface area (Å²) in [7, 11) is 1.49. The Kier molecular flexibility index (Phi) is 5.60. The second-order valence-corrected chi connectivity index (χ2v) is 11.7. The van der Waals surface area contributed by atoms with Gasteiger partial charge in [0.2, 0.25) is 0 Å². The molecule has 0 aliphatic heterocycles. The summed E-state index contributed by atoms with van der Waals surface area (Å²) in [6.45, 7) is 7.38. The van der Waals surface area contributed by atoms with Gasteiger partial charge in [0.25, 0.3) is 0 Å². The normalized spacial score (nSPS) is 46.9. The fourth-order valence-corrected chi connectivity index (χ4v) is 8.85. The predicted molar refractivity (Wildman–Crippen MR) is 113 cm³/mol. The molecule has 0 spiro atoms. The first-order valence-corrected chi connectivity index (χ1v) is 12.1. The second kappa shape index (κ2) is 7.51. The first-order chi connectivity index (χ1) is 13.6. The van der Waals surface area contributed by atoms with E-state index < -0.39 is 5.79 Å². The minimum atomic E-state index is -1.44. The number of hydrogen-bond acceptors (Lipinski definition) is 4. The van der Waals surface area contributed by atoms with Gasteiger partial charge in [-0.1, -0.05) is 20.8 Å². The largest absolute Gasteiger partial charge is 0.469 e. The van der Waals surface area contributed by atoms with Gasteiger partial charge in [-0.05, 0) is 97.7 Å². The van der Waals surface area contributed by atoms with Crippen molar-refractivity contribution in [2.75, 3.05) is 7.11 Å². The van der Waals surface area contributed by atoms with Crippen molar-refractivity contribution >= 4 is 5.97 Å². The van der Waals surface area contributed by atoms with Gasteiger partial charge in [-0.2, -0.15) is 0 Å². The van der Waals surface area contributed by atoms with Gasteiger partial charge in [0.1, 0.15) is 0 Å². The van der Waals surface area contributed by atoms with Crippen LogP contribution in [0.3, 0.4) is 0 Å². The van der Waals surface area contributed by atoms with Crippen LogP contribution in [-0.2, 0) is 9.53 Å². The zero-order valence-corrected chi connectivity index (χ0v) is 19.0. The van der Waals surface area contributed by atoms with Crippen molar-refractivity contribution in [3.8, 4) is 0 Å². The van der Waals surface area contributed by atoms with Crippen molar-refractivity contribution < 1.29 is 19.7 Å². The van der Waals surface area contributed by atoms with Gasteiger partial charge < -0.3 is 14.9 Å². The lowest BCUT2D eigenvalue weighted by Gasteiger charge is -2.61. The highest BCUT2D eigenvalue weighted by Crippen LogP contribution is 2.68. The van der Waals surface area contributed by atoms with Crippen LogP contribution in [0, 0.1) is 46.3 Å². The molecular weight excluding hydrogens is 364 g/mol. The van der Waals surface area contributed by atoms with E-state index in [9.17, 15) is 15.0 Å². The van der Waals surface area contributed by atoms with Crippen molar-refractivity contribution in [3.63, 3.8) is 0 Å². The quantitative estimate of drug-likeness (QED) is 0.514. The molecule has 0 saturated heterocycles. The van der Waals surface area contributed by atoms with Crippen LogP contribution in [-0.4, -0.2) is 29.1 Å². The molecule has 0 amide bonds. The molecule has 0 radical (unpaired) electrons. The van der Waals surface area contributed by atoms with Crippen molar-refractivity contribution in [1.29, 1.82) is 0 Å². The summed E-state index contributed by atoms with van der Waals surface area (Å²) < 4.78 is 4.87. The van der Waals surface area contributed by atoms with Crippen LogP contribution in [0.5, 0.6) is 0 Å². The number of fused-ring (bicyclic) bond motifs is 5. The van der Waals surface area contributed by atoms with Gasteiger partial charge in [-0.15, -0.1) is 0 Å². The average Bonchev–Trinajstić information content (AvgIpc) is 3.03. The summed E-state index contributed by atoms with van der Waals surface area (Å²) in [4.78, 5) is 11.6. The monoisotopic (exact) mass is 406 g/mol. The fourth-order valence-electron chi connectivity index (χ4n) is 8.85. The van der Waals surface area contributed by atoms with Crippen molar-refractivity contribution in [1.82, 2.24) is 0 Å². The number of hydrogen-bond donors (Lipinski definition) is 2. The number of carbonyl (C=O) groups is 1. The fraction of sp³-hybridized carbons (Fsp3) is 0.960. The molecule has 1 unspecified atom stereocenters. The van der Waals surface area contributed by atoms with Gasteiger partial charge in [-0.25, -0.2) is 0 Å². The molecule has 0 heterocycles. The molecule has 0 bridgehead atoms. The number of aliphatic hydroxyl groups is 2. The van der Waals surface area contributed by atoms with Crippen LogP contribution < -0.4 is 0 Å². The smallest absolute Gasteiger partial charge is 0.305 e. The molecule has 8 atom stereocenters. The van der Waals surface area contributed by atoms with Gasteiger partial charge in [0, 0.05) is 19.3 Å². The molecule has 0 aromatic carbocycles. The summed E-state index contributed by atoms with van der Waals surface area (Å²) >= 11 is 0. The number of esters is 1. The first kappa shape index (κ1) is 21.6. The van der Waals surface area contributed by atoms with Crippen LogP contribution in [0.2, 0.25) is 0 Å². The SMILES string of the molecule is COC(=O)CC[C@@H](C)[C@H]1CC[C@H]2[C@@H]3CCC4CC(O)(O)CC[C@]4(C)[C@H]3CC[C@]12C. The Morgan fingerprint density at radius 3 is 2.45 bits per heavy atom. The Hall–Kier alpha value is -0.610. The minimum Gasteiger partial charge on any atom is -0.469 e. The first-order valence-electron chi connectivity index (χ1n) is 12.1. The topological polar surface area (TPSA) is 66.8 Å². The Balaban J connectivity index is 1.49. The molecule has 166 valence electrons. The molecule has 2 N–H and O–H groups in total. The molecule has 29 heavy (non-hydrogen) atoms. The molecule has 0 aromatic heterocycles. The highest BCUT2D eigenvalue weighted by atomic mass is 16.5. The van der Waals surface area contributed by atoms with Crippen molar-refractivity contribution in [3.05, 3.63) is 0 Å². The summed E-state index contributed by atoms with van der Waals surface area (Å²) in [5.41, 5.74) is 0.695. The molecule has 4 saturated carbocycles. The zero-order valence-electron chi connectivity index (χ0n) is 19.0. The lowest BCUT2D eigenvalue weighted by atomic mass is 9.44. The summed E-state index contributed by atoms with van der Waals surface area (Å²) in [5, 5.41) is 20.5. The third-order valence-corrected chi connectivity index (χ3v) is 10.5. The van der Waals surface area contributed by atoms with E-state index >= 15 is 0 Å². The molecule has 4 aliphatic rings. The number of rotatable bonds is 4. The summed E-state index contributed by atoms with van der Waals surface area (Å²) in [5.74, 6) is 2.61. The molecule has 4 nitrogen and oxygen atoms in total. The molecule has 4 rings (SSSR count). The molecule has 4 aliphatic carbocycles. The van der Waals surface area contributed by atoms with E-state index in [1.54, 1.807) is 0 Å². The van der Waals surface area contributed by atoms with E-state index in [4.69, 9.17) is 4.74 Å². The Morgan fingerprint density at radius 1 is 1.00 bits per heavy atom. The van der Waals surface area contributed by atoms with Crippen LogP contribution in [0.4, 0.5) is 0 Å². The van der Waals surface area contributed by atoms with Crippen LogP contribution in [0.25, 0.3) is 0 Å². The van der Waals surface area contributed by atoms with Gasteiger partial charge in [-0.3, -0.25) is 4.79 Å². The van der Waals surface area contributed by atoms with Crippen LogP contribution in [0.15, 0.2) is 0 Å². The van der Waals surface area contributed by atoms with Crippen molar-refractivity contribution in [2.24, 2.45) is 46.3 Å². The predicted octanol–water partition coefficient (Wildman–Crippen LogP) is 4.92. The number of methoxy groups -OCH3 is 1. The Bertz CT molecular complexity index is 630. The zero-order chi connectivity index (χ0) is 21.0. The minimum absolute atomic E-state index is 0.0763.